The fourth-order valence-corrected chi connectivity index (χ4v) is 2.78. The monoisotopic (exact) mass is 252 g/mol. The molecule has 0 heterocycles. The largest absolute Gasteiger partial charge is 0.0999 e. The van der Waals surface area contributed by atoms with Crippen LogP contribution < -0.4 is 0 Å². The van der Waals surface area contributed by atoms with Gasteiger partial charge in [0.15, 0.2) is 0 Å². The Morgan fingerprint density at radius 2 is 1.44 bits per heavy atom. The fraction of sp³-hybridized carbons (Fsp3) is 0.889. The zero-order chi connectivity index (χ0) is 14.0. The Labute approximate surface area is 116 Å². The van der Waals surface area contributed by atoms with E-state index in [4.69, 9.17) is 0 Å². The molecule has 0 saturated heterocycles. The lowest BCUT2D eigenvalue weighted by Gasteiger charge is -2.31. The number of allylic oxidation sites excluding steroid dienone is 1. The normalized spacial score (nSPS) is 23.4. The minimum atomic E-state index is 0.833. The first kappa shape index (κ1) is 17.7. The predicted molar refractivity (Wildman–Crippen MR) is 84.9 cm³/mol. The molecule has 0 aromatic carbocycles. The summed E-state index contributed by atoms with van der Waals surface area (Å²) in [6, 6.07) is 0. The second-order valence-corrected chi connectivity index (χ2v) is 6.41. The molecular weight excluding hydrogens is 216 g/mol. The summed E-state index contributed by atoms with van der Waals surface area (Å²) in [5.74, 6) is 2.71. The third kappa shape index (κ3) is 7.95. The summed E-state index contributed by atoms with van der Waals surface area (Å²) in [5.41, 5.74) is 1.40. The Hall–Kier alpha value is -0.260. The van der Waals surface area contributed by atoms with E-state index in [9.17, 15) is 0 Å². The van der Waals surface area contributed by atoms with Gasteiger partial charge in [-0.05, 0) is 50.4 Å². The second kappa shape index (κ2) is 10.6. The van der Waals surface area contributed by atoms with E-state index in [1.54, 1.807) is 0 Å². The van der Waals surface area contributed by atoms with Gasteiger partial charge < -0.3 is 0 Å². The molecule has 0 bridgehead atoms. The molecule has 1 fully saturated rings. The SMILES string of the molecule is C=C(C)C1CCC(C(C)C)CC1.CCCCCC. The molecule has 0 amide bonds. The highest BCUT2D eigenvalue weighted by Crippen LogP contribution is 2.35. The molecule has 0 N–H and O–H groups in total. The highest BCUT2D eigenvalue weighted by Gasteiger charge is 2.22. The average Bonchev–Trinajstić information content (AvgIpc) is 2.37. The Morgan fingerprint density at radius 1 is 1.00 bits per heavy atom. The quantitative estimate of drug-likeness (QED) is 0.381. The van der Waals surface area contributed by atoms with E-state index < -0.39 is 0 Å². The Morgan fingerprint density at radius 3 is 1.72 bits per heavy atom. The smallest absolute Gasteiger partial charge is 0.0208 e. The van der Waals surface area contributed by atoms with Crippen LogP contribution in [0.4, 0.5) is 0 Å². The molecular formula is C18H36. The van der Waals surface area contributed by atoms with Gasteiger partial charge in [0.05, 0.1) is 0 Å². The van der Waals surface area contributed by atoms with Gasteiger partial charge in [0, 0.05) is 0 Å². The standard InChI is InChI=1S/C12H22.C6H14/c1-9(2)11-5-7-12(8-6-11)10(3)4;1-3-5-6-4-2/h10-12H,1,5-8H2,2-4H3;3-6H2,1-2H3. The molecule has 18 heavy (non-hydrogen) atoms. The van der Waals surface area contributed by atoms with E-state index in [2.05, 4.69) is 41.2 Å². The molecule has 0 aliphatic heterocycles. The fourth-order valence-electron chi connectivity index (χ4n) is 2.78. The maximum atomic E-state index is 4.05. The maximum absolute atomic E-state index is 4.05. The molecule has 0 nitrogen and oxygen atoms in total. The van der Waals surface area contributed by atoms with Crippen molar-refractivity contribution in [3.63, 3.8) is 0 Å². The first-order chi connectivity index (χ1) is 8.52. The van der Waals surface area contributed by atoms with Crippen LogP contribution in [0.25, 0.3) is 0 Å². The molecule has 0 heteroatoms. The van der Waals surface area contributed by atoms with E-state index in [1.807, 2.05) is 0 Å². The molecule has 1 aliphatic carbocycles. The van der Waals surface area contributed by atoms with Gasteiger partial charge in [-0.25, -0.2) is 0 Å². The van der Waals surface area contributed by atoms with Gasteiger partial charge in [-0.3, -0.25) is 0 Å². The first-order valence-corrected chi connectivity index (χ1v) is 8.18. The summed E-state index contributed by atoms with van der Waals surface area (Å²) in [6.45, 7) is 15.4. The van der Waals surface area contributed by atoms with Gasteiger partial charge in [-0.1, -0.05) is 65.5 Å². The number of unbranched alkanes of at least 4 members (excludes halogenated alkanes) is 3. The van der Waals surface area contributed by atoms with Gasteiger partial charge in [-0.2, -0.15) is 0 Å². The highest BCUT2D eigenvalue weighted by atomic mass is 14.3. The third-order valence-electron chi connectivity index (χ3n) is 4.37. The van der Waals surface area contributed by atoms with Crippen molar-refractivity contribution in [3.8, 4) is 0 Å². The van der Waals surface area contributed by atoms with E-state index in [0.717, 1.165) is 17.8 Å². The van der Waals surface area contributed by atoms with Gasteiger partial charge in [0.25, 0.3) is 0 Å². The summed E-state index contributed by atoms with van der Waals surface area (Å²) in [4.78, 5) is 0. The topological polar surface area (TPSA) is 0 Å². The van der Waals surface area contributed by atoms with Crippen molar-refractivity contribution < 1.29 is 0 Å². The van der Waals surface area contributed by atoms with E-state index in [-0.39, 0.29) is 0 Å². The first-order valence-electron chi connectivity index (χ1n) is 8.18. The average molecular weight is 252 g/mol. The van der Waals surface area contributed by atoms with Crippen molar-refractivity contribution in [2.75, 3.05) is 0 Å². The molecule has 0 spiro atoms. The molecule has 0 aromatic heterocycles. The molecule has 1 rings (SSSR count). The van der Waals surface area contributed by atoms with E-state index in [0.29, 0.717) is 0 Å². The molecule has 0 radical (unpaired) electrons. The van der Waals surface area contributed by atoms with Crippen molar-refractivity contribution in [2.24, 2.45) is 17.8 Å². The lowest BCUT2D eigenvalue weighted by atomic mass is 9.75. The molecule has 0 unspecified atom stereocenters. The van der Waals surface area contributed by atoms with Crippen molar-refractivity contribution in [1.29, 1.82) is 0 Å². The molecule has 1 aliphatic rings. The molecule has 108 valence electrons. The van der Waals surface area contributed by atoms with E-state index >= 15 is 0 Å². The van der Waals surface area contributed by atoms with Crippen LogP contribution in [0.15, 0.2) is 12.2 Å². The van der Waals surface area contributed by atoms with Crippen LogP contribution in [-0.2, 0) is 0 Å². The summed E-state index contributed by atoms with van der Waals surface area (Å²) in [6.07, 6.45) is 11.2. The van der Waals surface area contributed by atoms with Crippen LogP contribution in [-0.4, -0.2) is 0 Å². The summed E-state index contributed by atoms with van der Waals surface area (Å²) < 4.78 is 0. The Balaban J connectivity index is 0.000000411. The zero-order valence-corrected chi connectivity index (χ0v) is 13.6. The molecule has 0 atom stereocenters. The van der Waals surface area contributed by atoms with Gasteiger partial charge in [-0.15, -0.1) is 0 Å². The second-order valence-electron chi connectivity index (χ2n) is 6.41. The van der Waals surface area contributed by atoms with Gasteiger partial charge in [0.2, 0.25) is 0 Å². The Bertz CT molecular complexity index is 190. The van der Waals surface area contributed by atoms with Crippen molar-refractivity contribution in [1.82, 2.24) is 0 Å². The minimum Gasteiger partial charge on any atom is -0.0999 e. The van der Waals surface area contributed by atoms with Gasteiger partial charge >= 0.3 is 0 Å². The van der Waals surface area contributed by atoms with Crippen LogP contribution >= 0.6 is 0 Å². The van der Waals surface area contributed by atoms with Crippen LogP contribution in [0.3, 0.4) is 0 Å². The van der Waals surface area contributed by atoms with E-state index in [1.165, 1.54) is 56.9 Å². The molecule has 1 saturated carbocycles. The lowest BCUT2D eigenvalue weighted by Crippen LogP contribution is -2.18. The molecule has 0 aromatic rings. The number of hydrogen-bond donors (Lipinski definition) is 0. The van der Waals surface area contributed by atoms with Crippen molar-refractivity contribution in [2.45, 2.75) is 86.0 Å². The maximum Gasteiger partial charge on any atom is -0.0208 e. The van der Waals surface area contributed by atoms with Crippen molar-refractivity contribution >= 4 is 0 Å². The zero-order valence-electron chi connectivity index (χ0n) is 13.6. The van der Waals surface area contributed by atoms with Gasteiger partial charge in [0.1, 0.15) is 0 Å². The predicted octanol–water partition coefficient (Wildman–Crippen LogP) is 6.61. The lowest BCUT2D eigenvalue weighted by molar-refractivity contribution is 0.242. The number of rotatable bonds is 5. The minimum absolute atomic E-state index is 0.833. The summed E-state index contributed by atoms with van der Waals surface area (Å²) >= 11 is 0. The van der Waals surface area contributed by atoms with Crippen LogP contribution in [0, 0.1) is 17.8 Å². The van der Waals surface area contributed by atoms with Crippen LogP contribution in [0.1, 0.15) is 86.0 Å². The van der Waals surface area contributed by atoms with Crippen LogP contribution in [0.5, 0.6) is 0 Å². The third-order valence-corrected chi connectivity index (χ3v) is 4.37. The summed E-state index contributed by atoms with van der Waals surface area (Å²) in [5, 5.41) is 0. The highest BCUT2D eigenvalue weighted by molar-refractivity contribution is 4.98. The Kier molecular flexibility index (Phi) is 10.5. The summed E-state index contributed by atoms with van der Waals surface area (Å²) in [7, 11) is 0. The van der Waals surface area contributed by atoms with Crippen LogP contribution in [0.2, 0.25) is 0 Å². The van der Waals surface area contributed by atoms with Crippen molar-refractivity contribution in [3.05, 3.63) is 12.2 Å². The number of hydrogen-bond acceptors (Lipinski definition) is 0.